The maximum absolute atomic E-state index is 12.5. The number of benzene rings is 1. The van der Waals surface area contributed by atoms with Gasteiger partial charge in [-0.25, -0.2) is 0 Å². The summed E-state index contributed by atoms with van der Waals surface area (Å²) in [6, 6.07) is 3.85. The van der Waals surface area contributed by atoms with E-state index in [0.29, 0.717) is 0 Å². The second-order valence-corrected chi connectivity index (χ2v) is 5.47. The number of alkyl halides is 3. The monoisotopic (exact) mass is 263 g/mol. The van der Waals surface area contributed by atoms with Crippen LogP contribution in [0.3, 0.4) is 0 Å². The predicted molar refractivity (Wildman–Crippen MR) is 61.0 cm³/mol. The van der Waals surface area contributed by atoms with Crippen molar-refractivity contribution in [3.8, 4) is 0 Å². The van der Waals surface area contributed by atoms with Gasteiger partial charge in [0.2, 0.25) is 0 Å². The third-order valence-corrected chi connectivity index (χ3v) is 3.88. The highest BCUT2D eigenvalue weighted by Crippen LogP contribution is 2.57. The van der Waals surface area contributed by atoms with Crippen molar-refractivity contribution < 1.29 is 13.2 Å². The lowest BCUT2D eigenvalue weighted by atomic mass is 10.0. The van der Waals surface area contributed by atoms with Crippen LogP contribution in [0.1, 0.15) is 30.9 Å². The van der Waals surface area contributed by atoms with Gasteiger partial charge < -0.3 is 5.73 Å². The van der Waals surface area contributed by atoms with Gasteiger partial charge in [0.05, 0.1) is 10.6 Å². The quantitative estimate of drug-likeness (QED) is 0.819. The van der Waals surface area contributed by atoms with Crippen molar-refractivity contribution in [2.24, 2.45) is 11.1 Å². The van der Waals surface area contributed by atoms with Crippen molar-refractivity contribution in [3.05, 3.63) is 34.3 Å². The molecule has 1 nitrogen and oxygen atoms in total. The summed E-state index contributed by atoms with van der Waals surface area (Å²) in [4.78, 5) is 0. The fourth-order valence-electron chi connectivity index (χ4n) is 2.27. The first-order valence-electron chi connectivity index (χ1n) is 5.28. The Labute approximate surface area is 103 Å². The number of hydrogen-bond donors (Lipinski definition) is 1. The zero-order chi connectivity index (χ0) is 13.0. The standard InChI is InChI=1S/C12H13ClF3N/c1-11(2)9(10(11)17)6-3-4-7(8(13)5-6)12(14,15)16/h3-5,9-10H,17H2,1-2H3/t9-,10-/m0/s1. The Morgan fingerprint density at radius 2 is 1.82 bits per heavy atom. The summed E-state index contributed by atoms with van der Waals surface area (Å²) < 4.78 is 37.6. The molecule has 0 spiro atoms. The first-order valence-corrected chi connectivity index (χ1v) is 5.65. The molecule has 94 valence electrons. The summed E-state index contributed by atoms with van der Waals surface area (Å²) in [6.07, 6.45) is -4.41. The van der Waals surface area contributed by atoms with E-state index in [-0.39, 0.29) is 22.4 Å². The Kier molecular flexibility index (Phi) is 2.71. The van der Waals surface area contributed by atoms with Crippen molar-refractivity contribution in [2.75, 3.05) is 0 Å². The lowest BCUT2D eigenvalue weighted by Gasteiger charge is -2.10. The van der Waals surface area contributed by atoms with E-state index in [2.05, 4.69) is 0 Å². The van der Waals surface area contributed by atoms with E-state index >= 15 is 0 Å². The topological polar surface area (TPSA) is 26.0 Å². The highest BCUT2D eigenvalue weighted by molar-refractivity contribution is 6.31. The van der Waals surface area contributed by atoms with Crippen LogP contribution in [0.15, 0.2) is 18.2 Å². The van der Waals surface area contributed by atoms with Crippen LogP contribution in [0.4, 0.5) is 13.2 Å². The minimum atomic E-state index is -4.41. The fraction of sp³-hybridized carbons (Fsp3) is 0.500. The molecule has 1 aromatic rings. The second-order valence-electron chi connectivity index (χ2n) is 5.06. The van der Waals surface area contributed by atoms with Crippen molar-refractivity contribution in [3.63, 3.8) is 0 Å². The van der Waals surface area contributed by atoms with Crippen molar-refractivity contribution in [2.45, 2.75) is 32.0 Å². The van der Waals surface area contributed by atoms with Crippen LogP contribution in [0, 0.1) is 5.41 Å². The normalized spacial score (nSPS) is 27.0. The molecule has 0 saturated heterocycles. The van der Waals surface area contributed by atoms with E-state index in [4.69, 9.17) is 17.3 Å². The zero-order valence-electron chi connectivity index (χ0n) is 9.48. The molecular formula is C12H13ClF3N. The average molecular weight is 264 g/mol. The van der Waals surface area contributed by atoms with Crippen molar-refractivity contribution in [1.82, 2.24) is 0 Å². The highest BCUT2D eigenvalue weighted by Gasteiger charge is 2.56. The molecule has 1 aromatic carbocycles. The molecule has 1 aliphatic carbocycles. The van der Waals surface area contributed by atoms with Gasteiger partial charge in [0.25, 0.3) is 0 Å². The number of hydrogen-bond acceptors (Lipinski definition) is 1. The maximum atomic E-state index is 12.5. The van der Waals surface area contributed by atoms with Crippen LogP contribution in [0.2, 0.25) is 5.02 Å². The molecule has 0 bridgehead atoms. The molecule has 1 fully saturated rings. The molecule has 0 aliphatic heterocycles. The summed E-state index contributed by atoms with van der Waals surface area (Å²) in [7, 11) is 0. The Hall–Kier alpha value is -0.740. The van der Waals surface area contributed by atoms with E-state index < -0.39 is 11.7 Å². The Balaban J connectivity index is 2.34. The zero-order valence-corrected chi connectivity index (χ0v) is 10.2. The van der Waals surface area contributed by atoms with Gasteiger partial charge in [0.15, 0.2) is 0 Å². The van der Waals surface area contributed by atoms with Crippen LogP contribution in [0.5, 0.6) is 0 Å². The van der Waals surface area contributed by atoms with Crippen LogP contribution in [-0.2, 0) is 6.18 Å². The minimum absolute atomic E-state index is 0.0182. The molecule has 0 aromatic heterocycles. The molecule has 0 radical (unpaired) electrons. The first-order chi connectivity index (χ1) is 7.65. The molecule has 0 unspecified atom stereocenters. The average Bonchev–Trinajstić information content (AvgIpc) is 2.63. The lowest BCUT2D eigenvalue weighted by Crippen LogP contribution is -2.07. The van der Waals surface area contributed by atoms with Crippen molar-refractivity contribution >= 4 is 11.6 Å². The minimum Gasteiger partial charge on any atom is -0.327 e. The molecule has 2 atom stereocenters. The summed E-state index contributed by atoms with van der Waals surface area (Å²) >= 11 is 5.67. The molecule has 1 saturated carbocycles. The van der Waals surface area contributed by atoms with E-state index in [0.717, 1.165) is 11.6 Å². The smallest absolute Gasteiger partial charge is 0.327 e. The Morgan fingerprint density at radius 1 is 1.29 bits per heavy atom. The Morgan fingerprint density at radius 3 is 2.18 bits per heavy atom. The summed E-state index contributed by atoms with van der Waals surface area (Å²) in [5.41, 5.74) is 5.80. The van der Waals surface area contributed by atoms with E-state index in [1.165, 1.54) is 12.1 Å². The fourth-order valence-corrected chi connectivity index (χ4v) is 2.57. The molecule has 2 N–H and O–H groups in total. The lowest BCUT2D eigenvalue weighted by molar-refractivity contribution is -0.137. The molecular weight excluding hydrogens is 251 g/mol. The van der Waals surface area contributed by atoms with E-state index in [9.17, 15) is 13.2 Å². The third-order valence-electron chi connectivity index (χ3n) is 3.57. The molecule has 0 heterocycles. The van der Waals surface area contributed by atoms with Gasteiger partial charge >= 0.3 is 6.18 Å². The van der Waals surface area contributed by atoms with Gasteiger partial charge in [-0.2, -0.15) is 13.2 Å². The van der Waals surface area contributed by atoms with Gasteiger partial charge in [0, 0.05) is 12.0 Å². The molecule has 0 amide bonds. The van der Waals surface area contributed by atoms with Gasteiger partial charge in [0.1, 0.15) is 0 Å². The second kappa shape index (κ2) is 3.62. The van der Waals surface area contributed by atoms with Crippen LogP contribution < -0.4 is 5.73 Å². The van der Waals surface area contributed by atoms with Crippen LogP contribution >= 0.6 is 11.6 Å². The highest BCUT2D eigenvalue weighted by atomic mass is 35.5. The van der Waals surface area contributed by atoms with Crippen LogP contribution in [-0.4, -0.2) is 6.04 Å². The molecule has 5 heteroatoms. The summed E-state index contributed by atoms with van der Waals surface area (Å²) in [5.74, 6) is 0.0854. The molecule has 2 rings (SSSR count). The summed E-state index contributed by atoms with van der Waals surface area (Å²) in [5, 5.41) is -0.259. The van der Waals surface area contributed by atoms with Gasteiger partial charge in [-0.05, 0) is 23.1 Å². The number of rotatable bonds is 1. The maximum Gasteiger partial charge on any atom is 0.417 e. The van der Waals surface area contributed by atoms with E-state index in [1.54, 1.807) is 0 Å². The Bertz CT molecular complexity index is 454. The van der Waals surface area contributed by atoms with Gasteiger partial charge in [-0.3, -0.25) is 0 Å². The SMILES string of the molecule is CC1(C)[C@@H](N)[C@@H]1c1ccc(C(F)(F)F)c(Cl)c1. The third kappa shape index (κ3) is 2.04. The van der Waals surface area contributed by atoms with Gasteiger partial charge in [-0.15, -0.1) is 0 Å². The largest absolute Gasteiger partial charge is 0.417 e. The van der Waals surface area contributed by atoms with Gasteiger partial charge in [-0.1, -0.05) is 31.5 Å². The predicted octanol–water partition coefficient (Wildman–Crippen LogP) is 3.81. The number of nitrogens with two attached hydrogens (primary N) is 1. The van der Waals surface area contributed by atoms with Crippen LogP contribution in [0.25, 0.3) is 0 Å². The first kappa shape index (κ1) is 12.7. The molecule has 1 aliphatic rings. The van der Waals surface area contributed by atoms with E-state index in [1.807, 2.05) is 13.8 Å². The molecule has 17 heavy (non-hydrogen) atoms. The summed E-state index contributed by atoms with van der Waals surface area (Å²) in [6.45, 7) is 3.99. The van der Waals surface area contributed by atoms with Crippen molar-refractivity contribution in [1.29, 1.82) is 0 Å². The number of halogens is 4.